The number of hydrogen-bond donors (Lipinski definition) is 1. The number of hydrogen-bond acceptors (Lipinski definition) is 4. The fourth-order valence-corrected chi connectivity index (χ4v) is 5.54. The summed E-state index contributed by atoms with van der Waals surface area (Å²) in [7, 11) is 0.106. The van der Waals surface area contributed by atoms with Gasteiger partial charge in [-0.1, -0.05) is 59.6 Å². The van der Waals surface area contributed by atoms with Gasteiger partial charge in [0, 0.05) is 40.7 Å². The number of rotatable bonds is 7. The molecular formula is C22H22Cl2NO3P. The fourth-order valence-electron chi connectivity index (χ4n) is 2.88. The molecule has 1 N–H and O–H groups in total. The molecule has 0 saturated heterocycles. The van der Waals surface area contributed by atoms with Crippen molar-refractivity contribution in [2.24, 2.45) is 0 Å². The molecule has 0 aliphatic rings. The predicted octanol–water partition coefficient (Wildman–Crippen LogP) is 5.87. The molecule has 0 fully saturated rings. The van der Waals surface area contributed by atoms with E-state index in [4.69, 9.17) is 27.7 Å². The first-order chi connectivity index (χ1) is 13.8. The second-order valence-electron chi connectivity index (χ2n) is 6.81. The Morgan fingerprint density at radius 3 is 2.24 bits per heavy atom. The van der Waals surface area contributed by atoms with Crippen molar-refractivity contribution in [1.29, 1.82) is 0 Å². The lowest BCUT2D eigenvalue weighted by molar-refractivity contribution is 0.210. The normalized spacial score (nSPS) is 14.2. The van der Waals surface area contributed by atoms with E-state index in [1.807, 2.05) is 61.5 Å². The Balaban J connectivity index is 2.01. The van der Waals surface area contributed by atoms with Crippen LogP contribution < -0.4 is 10.2 Å². The minimum atomic E-state index is -3.73. The quantitative estimate of drug-likeness (QED) is 0.458. The Bertz CT molecular complexity index is 1010. The third-order valence-corrected chi connectivity index (χ3v) is 7.57. The number of nitrogens with zero attached hydrogens (tertiary/aromatic N) is 1. The SMILES string of the molecule is CN(C)c1ccc([P@@](=O)(OCc2ccccc2)[C@H](O)c2ccc(Cl)cc2Cl)cc1. The summed E-state index contributed by atoms with van der Waals surface area (Å²) in [6, 6.07) is 21.2. The van der Waals surface area contributed by atoms with Crippen molar-refractivity contribution in [3.8, 4) is 0 Å². The summed E-state index contributed by atoms with van der Waals surface area (Å²) in [6.45, 7) is 0.0931. The molecule has 29 heavy (non-hydrogen) atoms. The van der Waals surface area contributed by atoms with Crippen LogP contribution in [-0.2, 0) is 15.7 Å². The van der Waals surface area contributed by atoms with Gasteiger partial charge in [-0.15, -0.1) is 0 Å². The van der Waals surface area contributed by atoms with E-state index in [1.165, 1.54) is 6.07 Å². The van der Waals surface area contributed by atoms with E-state index < -0.39 is 13.2 Å². The van der Waals surface area contributed by atoms with Crippen LogP contribution in [0.15, 0.2) is 72.8 Å². The van der Waals surface area contributed by atoms with Crippen molar-refractivity contribution < 1.29 is 14.2 Å². The van der Waals surface area contributed by atoms with Gasteiger partial charge in [-0.25, -0.2) is 0 Å². The van der Waals surface area contributed by atoms with Crippen LogP contribution in [-0.4, -0.2) is 19.2 Å². The van der Waals surface area contributed by atoms with E-state index in [-0.39, 0.29) is 11.6 Å². The summed E-state index contributed by atoms with van der Waals surface area (Å²) in [6.07, 6.45) is 0. The van der Waals surface area contributed by atoms with Gasteiger partial charge < -0.3 is 14.5 Å². The van der Waals surface area contributed by atoms with Crippen LogP contribution in [0.2, 0.25) is 10.0 Å². The molecule has 0 unspecified atom stereocenters. The smallest absolute Gasteiger partial charge is 0.264 e. The molecule has 3 aromatic rings. The molecule has 152 valence electrons. The van der Waals surface area contributed by atoms with Gasteiger partial charge in [0.1, 0.15) is 0 Å². The van der Waals surface area contributed by atoms with Gasteiger partial charge >= 0.3 is 0 Å². The predicted molar refractivity (Wildman–Crippen MR) is 121 cm³/mol. The van der Waals surface area contributed by atoms with Crippen LogP contribution in [0.4, 0.5) is 5.69 Å². The molecule has 0 amide bonds. The second-order valence-corrected chi connectivity index (χ2v) is 10.1. The summed E-state index contributed by atoms with van der Waals surface area (Å²) >= 11 is 12.2. The third kappa shape index (κ3) is 5.03. The van der Waals surface area contributed by atoms with Crippen LogP contribution in [0.5, 0.6) is 0 Å². The zero-order chi connectivity index (χ0) is 21.0. The van der Waals surface area contributed by atoms with Crippen molar-refractivity contribution in [3.63, 3.8) is 0 Å². The highest BCUT2D eigenvalue weighted by Gasteiger charge is 2.37. The molecule has 0 radical (unpaired) electrons. The van der Waals surface area contributed by atoms with E-state index >= 15 is 0 Å². The summed E-state index contributed by atoms with van der Waals surface area (Å²) < 4.78 is 19.9. The molecule has 0 aromatic heterocycles. The average molecular weight is 450 g/mol. The summed E-state index contributed by atoms with van der Waals surface area (Å²) in [5, 5.41) is 12.2. The molecule has 0 bridgehead atoms. The van der Waals surface area contributed by atoms with E-state index in [2.05, 4.69) is 0 Å². The minimum absolute atomic E-state index is 0.0931. The molecule has 0 aliphatic carbocycles. The topological polar surface area (TPSA) is 49.8 Å². The van der Waals surface area contributed by atoms with Crippen LogP contribution in [0.1, 0.15) is 17.0 Å². The zero-order valence-electron chi connectivity index (χ0n) is 16.1. The Morgan fingerprint density at radius 2 is 1.66 bits per heavy atom. The van der Waals surface area contributed by atoms with Crippen LogP contribution >= 0.6 is 30.6 Å². The Morgan fingerprint density at radius 1 is 1.00 bits per heavy atom. The maximum Gasteiger partial charge on any atom is 0.264 e. The van der Waals surface area contributed by atoms with Gasteiger partial charge in [0.2, 0.25) is 0 Å². The van der Waals surface area contributed by atoms with Gasteiger partial charge in [-0.05, 0) is 42.0 Å². The highest BCUT2D eigenvalue weighted by molar-refractivity contribution is 7.67. The van der Waals surface area contributed by atoms with Crippen molar-refractivity contribution in [2.75, 3.05) is 19.0 Å². The molecule has 0 spiro atoms. The van der Waals surface area contributed by atoms with Gasteiger partial charge in [0.25, 0.3) is 7.37 Å². The van der Waals surface area contributed by atoms with E-state index in [0.29, 0.717) is 15.9 Å². The largest absolute Gasteiger partial charge is 0.378 e. The van der Waals surface area contributed by atoms with Gasteiger partial charge in [0.15, 0.2) is 5.85 Å². The summed E-state index contributed by atoms with van der Waals surface area (Å²) in [5.41, 5.74) is 2.11. The molecule has 7 heteroatoms. The van der Waals surface area contributed by atoms with Crippen LogP contribution in [0.25, 0.3) is 0 Å². The van der Waals surface area contributed by atoms with Gasteiger partial charge in [-0.3, -0.25) is 4.57 Å². The Hall–Kier alpha value is -1.81. The van der Waals surface area contributed by atoms with E-state index in [9.17, 15) is 9.67 Å². The van der Waals surface area contributed by atoms with Crippen LogP contribution in [0, 0.1) is 0 Å². The molecule has 0 saturated carbocycles. The highest BCUT2D eigenvalue weighted by Crippen LogP contribution is 2.59. The summed E-state index contributed by atoms with van der Waals surface area (Å²) in [4.78, 5) is 1.94. The Kier molecular flexibility index (Phi) is 7.05. The molecule has 3 aromatic carbocycles. The van der Waals surface area contributed by atoms with E-state index in [1.54, 1.807) is 24.3 Å². The van der Waals surface area contributed by atoms with Crippen molar-refractivity contribution in [3.05, 3.63) is 94.0 Å². The fraction of sp³-hybridized carbons (Fsp3) is 0.182. The number of aliphatic hydroxyl groups is 1. The molecule has 0 aliphatic heterocycles. The molecule has 3 rings (SSSR count). The molecule has 0 heterocycles. The lowest BCUT2D eigenvalue weighted by atomic mass is 10.2. The highest BCUT2D eigenvalue weighted by atomic mass is 35.5. The molecule has 4 nitrogen and oxygen atoms in total. The monoisotopic (exact) mass is 449 g/mol. The first-order valence-corrected chi connectivity index (χ1v) is 11.5. The lowest BCUT2D eigenvalue weighted by Crippen LogP contribution is -2.16. The van der Waals surface area contributed by atoms with Crippen molar-refractivity contribution in [1.82, 2.24) is 0 Å². The number of anilines is 1. The molecule has 2 atom stereocenters. The number of benzene rings is 3. The lowest BCUT2D eigenvalue weighted by Gasteiger charge is -2.26. The zero-order valence-corrected chi connectivity index (χ0v) is 18.5. The number of halogens is 2. The first kappa shape index (κ1) is 21.9. The Labute approximate surface area is 181 Å². The minimum Gasteiger partial charge on any atom is -0.378 e. The standard InChI is InChI=1S/C22H22Cl2NO3P/c1-25(2)18-9-11-19(12-10-18)29(27,28-15-16-6-4-3-5-7-16)22(26)20-13-8-17(23)14-21(20)24/h3-14,22,26H,15H2,1-2H3/t22-,29+/m0/s1. The van der Waals surface area contributed by atoms with Crippen LogP contribution in [0.3, 0.4) is 0 Å². The van der Waals surface area contributed by atoms with Gasteiger partial charge in [-0.2, -0.15) is 0 Å². The maximum atomic E-state index is 14.0. The number of aliphatic hydroxyl groups excluding tert-OH is 1. The van der Waals surface area contributed by atoms with Gasteiger partial charge in [0.05, 0.1) is 6.61 Å². The van der Waals surface area contributed by atoms with E-state index in [0.717, 1.165) is 11.3 Å². The summed E-state index contributed by atoms with van der Waals surface area (Å²) in [5.74, 6) is -1.43. The maximum absolute atomic E-state index is 14.0. The molecular weight excluding hydrogens is 428 g/mol. The van der Waals surface area contributed by atoms with Crippen molar-refractivity contribution in [2.45, 2.75) is 12.5 Å². The second kappa shape index (κ2) is 9.34. The van der Waals surface area contributed by atoms with Crippen molar-refractivity contribution >= 4 is 41.6 Å². The third-order valence-electron chi connectivity index (χ3n) is 4.55. The average Bonchev–Trinajstić information content (AvgIpc) is 2.72. The first-order valence-electron chi connectivity index (χ1n) is 9.00.